The number of carbonyl (C=O) groups is 3. The summed E-state index contributed by atoms with van der Waals surface area (Å²) in [5, 5.41) is 0.453. The Labute approximate surface area is 168 Å². The van der Waals surface area contributed by atoms with Gasteiger partial charge in [-0.25, -0.2) is 4.79 Å². The van der Waals surface area contributed by atoms with Gasteiger partial charge in [0.15, 0.2) is 6.61 Å². The van der Waals surface area contributed by atoms with Crippen LogP contribution in [0.5, 0.6) is 5.75 Å². The molecule has 0 unspecified atom stereocenters. The van der Waals surface area contributed by atoms with Crippen LogP contribution in [0.1, 0.15) is 28.5 Å². The van der Waals surface area contributed by atoms with Crippen molar-refractivity contribution in [2.24, 2.45) is 5.73 Å². The van der Waals surface area contributed by atoms with Crippen molar-refractivity contribution in [2.45, 2.75) is 20.4 Å². The molecule has 1 aromatic heterocycles. The number of amides is 1. The number of ketones is 1. The molecule has 1 amide bonds. The minimum atomic E-state index is -1.05. The van der Waals surface area contributed by atoms with Gasteiger partial charge in [0.2, 0.25) is 0 Å². The van der Waals surface area contributed by atoms with Crippen LogP contribution in [0.4, 0.5) is 0 Å². The zero-order valence-corrected chi connectivity index (χ0v) is 16.3. The van der Waals surface area contributed by atoms with E-state index < -0.39 is 17.7 Å². The number of nitrogens with two attached hydrogens (primary N) is 1. The van der Waals surface area contributed by atoms with Crippen molar-refractivity contribution in [1.29, 1.82) is 0 Å². The van der Waals surface area contributed by atoms with Gasteiger partial charge < -0.3 is 19.8 Å². The molecule has 0 spiro atoms. The summed E-state index contributed by atoms with van der Waals surface area (Å²) >= 11 is 0. The molecule has 0 atom stereocenters. The predicted molar refractivity (Wildman–Crippen MR) is 108 cm³/mol. The van der Waals surface area contributed by atoms with Gasteiger partial charge in [0.1, 0.15) is 5.75 Å². The molecule has 150 valence electrons. The van der Waals surface area contributed by atoms with Crippen molar-refractivity contribution < 1.29 is 23.9 Å². The monoisotopic (exact) mass is 394 g/mol. The second-order valence-corrected chi connectivity index (χ2v) is 6.47. The van der Waals surface area contributed by atoms with E-state index in [1.165, 1.54) is 0 Å². The molecule has 0 bridgehead atoms. The number of hydrogen-bond donors (Lipinski definition) is 1. The van der Waals surface area contributed by atoms with Gasteiger partial charge >= 0.3 is 5.97 Å². The Bertz CT molecular complexity index is 1070. The van der Waals surface area contributed by atoms with Crippen LogP contribution >= 0.6 is 0 Å². The molecule has 0 aliphatic carbocycles. The number of hydrogen-bond acceptors (Lipinski definition) is 5. The molecule has 0 saturated carbocycles. The zero-order valence-electron chi connectivity index (χ0n) is 16.3. The van der Waals surface area contributed by atoms with E-state index in [4.69, 9.17) is 15.2 Å². The van der Waals surface area contributed by atoms with Gasteiger partial charge in [0, 0.05) is 12.2 Å². The Balaban J connectivity index is 2.14. The standard InChI is InChI=1S/C22H22N2O5/c1-3-28-18(25)13-29-17-11-7-10-16-20(17)19(21(26)22(23)27)14(2)24(16)12-15-8-5-4-6-9-15/h4-11H,3,12-13H2,1-2H3,(H2,23,27). The van der Waals surface area contributed by atoms with Crippen LogP contribution in [0, 0.1) is 6.92 Å². The minimum absolute atomic E-state index is 0.183. The van der Waals surface area contributed by atoms with E-state index in [9.17, 15) is 14.4 Å². The SMILES string of the molecule is CCOC(=O)COc1cccc2c1c(C(=O)C(N)=O)c(C)n2Cc1ccccc1. The predicted octanol–water partition coefficient (Wildman–Crippen LogP) is 2.61. The fourth-order valence-electron chi connectivity index (χ4n) is 3.32. The maximum Gasteiger partial charge on any atom is 0.344 e. The maximum atomic E-state index is 12.6. The third-order valence-corrected chi connectivity index (χ3v) is 4.60. The van der Waals surface area contributed by atoms with Crippen LogP contribution in [0.25, 0.3) is 10.9 Å². The van der Waals surface area contributed by atoms with Gasteiger partial charge in [-0.15, -0.1) is 0 Å². The molecule has 3 aromatic rings. The van der Waals surface area contributed by atoms with Gasteiger partial charge in [-0.1, -0.05) is 36.4 Å². The number of esters is 1. The molecule has 0 aliphatic rings. The summed E-state index contributed by atoms with van der Waals surface area (Å²) in [4.78, 5) is 36.0. The summed E-state index contributed by atoms with van der Waals surface area (Å²) in [6.07, 6.45) is 0. The highest BCUT2D eigenvalue weighted by Gasteiger charge is 2.26. The summed E-state index contributed by atoms with van der Waals surface area (Å²) in [5.41, 5.74) is 7.81. The quantitative estimate of drug-likeness (QED) is 0.360. The maximum absolute atomic E-state index is 12.6. The fraction of sp³-hybridized carbons (Fsp3) is 0.227. The largest absolute Gasteiger partial charge is 0.481 e. The van der Waals surface area contributed by atoms with Crippen LogP contribution in [-0.2, 0) is 20.9 Å². The molecule has 29 heavy (non-hydrogen) atoms. The van der Waals surface area contributed by atoms with E-state index in [-0.39, 0.29) is 18.8 Å². The minimum Gasteiger partial charge on any atom is -0.481 e. The van der Waals surface area contributed by atoms with Gasteiger partial charge in [-0.2, -0.15) is 0 Å². The average Bonchev–Trinajstić information content (AvgIpc) is 2.99. The molecule has 7 nitrogen and oxygen atoms in total. The van der Waals surface area contributed by atoms with Gasteiger partial charge in [0.25, 0.3) is 11.7 Å². The van der Waals surface area contributed by atoms with Crippen molar-refractivity contribution in [3.8, 4) is 5.75 Å². The molecule has 0 aliphatic heterocycles. The summed E-state index contributed by atoms with van der Waals surface area (Å²) < 4.78 is 12.4. The van der Waals surface area contributed by atoms with E-state index in [0.717, 1.165) is 5.56 Å². The van der Waals surface area contributed by atoms with Crippen molar-refractivity contribution in [2.75, 3.05) is 13.2 Å². The molecule has 1 heterocycles. The molecule has 7 heteroatoms. The van der Waals surface area contributed by atoms with E-state index in [0.29, 0.717) is 28.9 Å². The van der Waals surface area contributed by atoms with Crippen LogP contribution in [0.2, 0.25) is 0 Å². The molecular weight excluding hydrogens is 372 g/mol. The number of carbonyl (C=O) groups excluding carboxylic acids is 3. The topological polar surface area (TPSA) is 101 Å². The lowest BCUT2D eigenvalue weighted by Gasteiger charge is -2.10. The number of ether oxygens (including phenoxy) is 2. The summed E-state index contributed by atoms with van der Waals surface area (Å²) in [6.45, 7) is 3.89. The zero-order chi connectivity index (χ0) is 21.0. The summed E-state index contributed by atoms with van der Waals surface area (Å²) in [7, 11) is 0. The molecule has 3 rings (SSSR count). The summed E-state index contributed by atoms with van der Waals surface area (Å²) in [6, 6.07) is 15.0. The number of fused-ring (bicyclic) bond motifs is 1. The Morgan fingerprint density at radius 2 is 1.76 bits per heavy atom. The van der Waals surface area contributed by atoms with Crippen molar-refractivity contribution in [3.63, 3.8) is 0 Å². The molecule has 2 N–H and O–H groups in total. The Morgan fingerprint density at radius 3 is 2.41 bits per heavy atom. The number of benzene rings is 2. The molecular formula is C22H22N2O5. The number of rotatable bonds is 8. The van der Waals surface area contributed by atoms with Crippen LogP contribution in [0.15, 0.2) is 48.5 Å². The van der Waals surface area contributed by atoms with E-state index in [1.54, 1.807) is 26.0 Å². The summed E-state index contributed by atoms with van der Waals surface area (Å²) in [5.74, 6) is -2.05. The average molecular weight is 394 g/mol. The van der Waals surface area contributed by atoms with Gasteiger partial charge in [-0.05, 0) is 31.5 Å². The third-order valence-electron chi connectivity index (χ3n) is 4.60. The van der Waals surface area contributed by atoms with Crippen molar-refractivity contribution in [3.05, 3.63) is 65.4 Å². The lowest BCUT2D eigenvalue weighted by Crippen LogP contribution is -2.24. The molecule has 0 saturated heterocycles. The van der Waals surface area contributed by atoms with E-state index >= 15 is 0 Å². The van der Waals surface area contributed by atoms with Gasteiger partial charge in [-0.3, -0.25) is 9.59 Å². The van der Waals surface area contributed by atoms with Gasteiger partial charge in [0.05, 0.1) is 23.1 Å². The van der Waals surface area contributed by atoms with E-state index in [2.05, 4.69) is 0 Å². The first-order valence-corrected chi connectivity index (χ1v) is 9.22. The van der Waals surface area contributed by atoms with E-state index in [1.807, 2.05) is 41.0 Å². The Kier molecular flexibility index (Phi) is 5.97. The second kappa shape index (κ2) is 8.60. The lowest BCUT2D eigenvalue weighted by molar-refractivity contribution is -0.145. The second-order valence-electron chi connectivity index (χ2n) is 6.47. The first-order valence-electron chi connectivity index (χ1n) is 9.22. The Morgan fingerprint density at radius 1 is 1.03 bits per heavy atom. The number of primary amides is 1. The highest BCUT2D eigenvalue weighted by Crippen LogP contribution is 2.34. The first kappa shape index (κ1) is 20.1. The lowest BCUT2D eigenvalue weighted by atomic mass is 10.1. The fourth-order valence-corrected chi connectivity index (χ4v) is 3.32. The molecule has 2 aromatic carbocycles. The number of Topliss-reactive ketones (excluding diaryl/α,β-unsaturated/α-hetero) is 1. The molecule has 0 radical (unpaired) electrons. The Hall–Kier alpha value is -3.61. The molecule has 0 fully saturated rings. The number of aromatic nitrogens is 1. The highest BCUT2D eigenvalue weighted by molar-refractivity contribution is 6.45. The third kappa shape index (κ3) is 4.13. The smallest absolute Gasteiger partial charge is 0.344 e. The highest BCUT2D eigenvalue weighted by atomic mass is 16.6. The van der Waals surface area contributed by atoms with Crippen molar-refractivity contribution in [1.82, 2.24) is 4.57 Å². The normalized spacial score (nSPS) is 10.7. The van der Waals surface area contributed by atoms with Crippen LogP contribution < -0.4 is 10.5 Å². The number of nitrogens with zero attached hydrogens (tertiary/aromatic N) is 1. The first-order chi connectivity index (χ1) is 13.9. The van der Waals surface area contributed by atoms with Crippen LogP contribution in [0.3, 0.4) is 0 Å². The van der Waals surface area contributed by atoms with Crippen LogP contribution in [-0.4, -0.2) is 35.4 Å². The van der Waals surface area contributed by atoms with Crippen molar-refractivity contribution >= 4 is 28.6 Å².